The topological polar surface area (TPSA) is 24.5 Å². The summed E-state index contributed by atoms with van der Waals surface area (Å²) >= 11 is 0. The van der Waals surface area contributed by atoms with Crippen molar-refractivity contribution in [2.75, 3.05) is 26.8 Å². The number of hydrogen-bond donors (Lipinski definition) is 1. The van der Waals surface area contributed by atoms with Gasteiger partial charge in [-0.3, -0.25) is 4.90 Å². The van der Waals surface area contributed by atoms with Crippen molar-refractivity contribution in [3.8, 4) is 0 Å². The maximum atomic E-state index is 5.05. The zero-order valence-electron chi connectivity index (χ0n) is 10.0. The standard InChI is InChI=1S/C12H24N2O/c1-10-8-11(13-6-3-7-15-2)9-14(10)12-4-5-12/h10-13H,3-9H2,1-2H3. The van der Waals surface area contributed by atoms with E-state index >= 15 is 0 Å². The van der Waals surface area contributed by atoms with Crippen molar-refractivity contribution in [2.45, 2.75) is 50.7 Å². The van der Waals surface area contributed by atoms with Gasteiger partial charge in [0, 0.05) is 38.4 Å². The van der Waals surface area contributed by atoms with Crippen LogP contribution >= 0.6 is 0 Å². The molecule has 0 bridgehead atoms. The average Bonchev–Trinajstić information content (AvgIpc) is 2.99. The Kier molecular flexibility index (Phi) is 4.00. The summed E-state index contributed by atoms with van der Waals surface area (Å²) in [7, 11) is 1.77. The molecule has 0 radical (unpaired) electrons. The summed E-state index contributed by atoms with van der Waals surface area (Å²) < 4.78 is 5.05. The molecular formula is C12H24N2O. The number of rotatable bonds is 6. The van der Waals surface area contributed by atoms with Crippen molar-refractivity contribution in [3.05, 3.63) is 0 Å². The van der Waals surface area contributed by atoms with Gasteiger partial charge in [0.1, 0.15) is 0 Å². The van der Waals surface area contributed by atoms with E-state index < -0.39 is 0 Å². The van der Waals surface area contributed by atoms with Crippen LogP contribution in [-0.4, -0.2) is 49.8 Å². The van der Waals surface area contributed by atoms with E-state index in [1.165, 1.54) is 25.8 Å². The maximum absolute atomic E-state index is 5.05. The van der Waals surface area contributed by atoms with Crippen LogP contribution in [0.5, 0.6) is 0 Å². The van der Waals surface area contributed by atoms with E-state index in [0.29, 0.717) is 0 Å². The highest BCUT2D eigenvalue weighted by Crippen LogP contribution is 2.33. The van der Waals surface area contributed by atoms with Crippen LogP contribution in [0.3, 0.4) is 0 Å². The van der Waals surface area contributed by atoms with E-state index in [0.717, 1.165) is 37.7 Å². The van der Waals surface area contributed by atoms with Gasteiger partial charge < -0.3 is 10.1 Å². The highest BCUT2D eigenvalue weighted by atomic mass is 16.5. The van der Waals surface area contributed by atoms with Crippen LogP contribution in [0.1, 0.15) is 32.6 Å². The van der Waals surface area contributed by atoms with E-state index in [-0.39, 0.29) is 0 Å². The van der Waals surface area contributed by atoms with E-state index in [1.807, 2.05) is 0 Å². The molecule has 2 fully saturated rings. The van der Waals surface area contributed by atoms with Gasteiger partial charge in [0.25, 0.3) is 0 Å². The van der Waals surface area contributed by atoms with Gasteiger partial charge in [-0.15, -0.1) is 0 Å². The predicted octanol–water partition coefficient (Wildman–Crippen LogP) is 1.24. The molecule has 0 aromatic heterocycles. The van der Waals surface area contributed by atoms with E-state index in [2.05, 4.69) is 17.1 Å². The fraction of sp³-hybridized carbons (Fsp3) is 1.00. The van der Waals surface area contributed by atoms with Crippen molar-refractivity contribution in [1.29, 1.82) is 0 Å². The lowest BCUT2D eigenvalue weighted by molar-refractivity contribution is 0.193. The quantitative estimate of drug-likeness (QED) is 0.670. The Morgan fingerprint density at radius 3 is 2.87 bits per heavy atom. The highest BCUT2D eigenvalue weighted by molar-refractivity contribution is 4.95. The summed E-state index contributed by atoms with van der Waals surface area (Å²) in [5.41, 5.74) is 0. The lowest BCUT2D eigenvalue weighted by Gasteiger charge is -2.19. The second-order valence-electron chi connectivity index (χ2n) is 5.01. The van der Waals surface area contributed by atoms with Gasteiger partial charge >= 0.3 is 0 Å². The van der Waals surface area contributed by atoms with E-state index in [1.54, 1.807) is 7.11 Å². The van der Waals surface area contributed by atoms with Crippen LogP contribution in [0.25, 0.3) is 0 Å². The van der Waals surface area contributed by atoms with Gasteiger partial charge in [-0.1, -0.05) is 0 Å². The summed E-state index contributed by atoms with van der Waals surface area (Å²) in [5, 5.41) is 3.64. The van der Waals surface area contributed by atoms with Gasteiger partial charge in [0.05, 0.1) is 0 Å². The molecule has 1 N–H and O–H groups in total. The third-order valence-electron chi connectivity index (χ3n) is 3.60. The molecule has 88 valence electrons. The number of hydrogen-bond acceptors (Lipinski definition) is 3. The van der Waals surface area contributed by atoms with Crippen molar-refractivity contribution in [2.24, 2.45) is 0 Å². The first-order valence-corrected chi connectivity index (χ1v) is 6.29. The summed E-state index contributed by atoms with van der Waals surface area (Å²) in [4.78, 5) is 2.69. The Hall–Kier alpha value is -0.120. The molecule has 3 nitrogen and oxygen atoms in total. The first kappa shape index (κ1) is 11.4. The average molecular weight is 212 g/mol. The first-order valence-electron chi connectivity index (χ1n) is 6.29. The van der Waals surface area contributed by atoms with Crippen LogP contribution in [-0.2, 0) is 4.74 Å². The molecule has 0 aromatic rings. The summed E-state index contributed by atoms with van der Waals surface area (Å²) in [6.45, 7) is 5.61. The molecule has 0 spiro atoms. The zero-order valence-corrected chi connectivity index (χ0v) is 10.0. The fourth-order valence-electron chi connectivity index (χ4n) is 2.64. The molecular weight excluding hydrogens is 188 g/mol. The van der Waals surface area contributed by atoms with Gasteiger partial charge in [0.15, 0.2) is 0 Å². The van der Waals surface area contributed by atoms with Crippen molar-refractivity contribution >= 4 is 0 Å². The van der Waals surface area contributed by atoms with Gasteiger partial charge in [-0.2, -0.15) is 0 Å². The molecule has 1 aliphatic carbocycles. The van der Waals surface area contributed by atoms with Crippen LogP contribution in [0.2, 0.25) is 0 Å². The minimum atomic E-state index is 0.720. The Morgan fingerprint density at radius 2 is 2.20 bits per heavy atom. The molecule has 1 heterocycles. The molecule has 15 heavy (non-hydrogen) atoms. The SMILES string of the molecule is COCCCNC1CC(C)N(C2CC2)C1. The van der Waals surface area contributed by atoms with Crippen LogP contribution in [0.15, 0.2) is 0 Å². The third-order valence-corrected chi connectivity index (χ3v) is 3.60. The monoisotopic (exact) mass is 212 g/mol. The molecule has 2 aliphatic rings. The molecule has 2 atom stereocenters. The smallest absolute Gasteiger partial charge is 0.0474 e. The normalized spacial score (nSPS) is 32.4. The minimum Gasteiger partial charge on any atom is -0.385 e. The van der Waals surface area contributed by atoms with Crippen LogP contribution in [0, 0.1) is 0 Å². The number of nitrogens with zero attached hydrogens (tertiary/aromatic N) is 1. The second kappa shape index (κ2) is 5.28. The van der Waals surface area contributed by atoms with Gasteiger partial charge in [0.2, 0.25) is 0 Å². The molecule has 2 rings (SSSR count). The molecule has 1 aliphatic heterocycles. The number of ether oxygens (including phenoxy) is 1. The Bertz CT molecular complexity index is 194. The summed E-state index contributed by atoms with van der Waals surface area (Å²) in [6, 6.07) is 2.43. The number of nitrogens with one attached hydrogen (secondary N) is 1. The fourth-order valence-corrected chi connectivity index (χ4v) is 2.64. The first-order chi connectivity index (χ1) is 7.31. The van der Waals surface area contributed by atoms with E-state index in [4.69, 9.17) is 4.74 Å². The Labute approximate surface area is 93.2 Å². The Balaban J connectivity index is 1.63. The summed E-state index contributed by atoms with van der Waals surface area (Å²) in [6.07, 6.45) is 5.32. The lowest BCUT2D eigenvalue weighted by Crippen LogP contribution is -2.34. The molecule has 2 unspecified atom stereocenters. The molecule has 0 amide bonds. The molecule has 3 heteroatoms. The highest BCUT2D eigenvalue weighted by Gasteiger charge is 2.38. The van der Waals surface area contributed by atoms with Crippen molar-refractivity contribution < 1.29 is 4.74 Å². The van der Waals surface area contributed by atoms with Crippen LogP contribution in [0.4, 0.5) is 0 Å². The van der Waals surface area contributed by atoms with Crippen molar-refractivity contribution in [3.63, 3.8) is 0 Å². The lowest BCUT2D eigenvalue weighted by atomic mass is 10.2. The minimum absolute atomic E-state index is 0.720. The number of methoxy groups -OCH3 is 1. The molecule has 1 saturated carbocycles. The summed E-state index contributed by atoms with van der Waals surface area (Å²) in [5.74, 6) is 0. The zero-order chi connectivity index (χ0) is 10.7. The largest absolute Gasteiger partial charge is 0.385 e. The maximum Gasteiger partial charge on any atom is 0.0474 e. The van der Waals surface area contributed by atoms with E-state index in [9.17, 15) is 0 Å². The van der Waals surface area contributed by atoms with Crippen LogP contribution < -0.4 is 5.32 Å². The predicted molar refractivity (Wildman–Crippen MR) is 62.1 cm³/mol. The Morgan fingerprint density at radius 1 is 1.40 bits per heavy atom. The third kappa shape index (κ3) is 3.16. The van der Waals surface area contributed by atoms with Crippen molar-refractivity contribution in [1.82, 2.24) is 10.2 Å². The second-order valence-corrected chi connectivity index (χ2v) is 5.01. The molecule has 0 aromatic carbocycles. The van der Waals surface area contributed by atoms with Gasteiger partial charge in [-0.25, -0.2) is 0 Å². The number of likely N-dealkylation sites (tertiary alicyclic amines) is 1. The van der Waals surface area contributed by atoms with Gasteiger partial charge in [-0.05, 0) is 39.2 Å². The molecule has 1 saturated heterocycles.